The van der Waals surface area contributed by atoms with Gasteiger partial charge in [-0.25, -0.2) is 0 Å². The number of rotatable bonds is 13. The molecule has 0 bridgehead atoms. The molecule has 0 N–H and O–H groups in total. The van der Waals surface area contributed by atoms with E-state index >= 15 is 0 Å². The van der Waals surface area contributed by atoms with Gasteiger partial charge in [0.15, 0.2) is 0 Å². The third-order valence-electron chi connectivity index (χ3n) is 15.3. The average molecular weight is 1190 g/mol. The molecule has 0 nitrogen and oxygen atoms in total. The van der Waals surface area contributed by atoms with Crippen LogP contribution in [0.2, 0.25) is 0 Å². The maximum atomic E-state index is 14.7. The Kier molecular flexibility index (Phi) is 14.9. The third kappa shape index (κ3) is 10.1. The maximum absolute atomic E-state index is 14.7. The number of allylic oxidation sites excluding steroid dienone is 2. The first-order valence-electron chi connectivity index (χ1n) is 25.6. The SMILES string of the molecule is CCCc1ccc2c(c1-c1cc(C(F)(F)F)cc(C(F)(F)F)c1)C=C(CC(C)C)[CH]2[Zr]([Cl])([Cl])([c]1cccc2c1[SiH2]c1ccccc1-2)[CH]1C(CC(C)C)=Cc2c1ccc(CCC)c2-c1cc(C(F)(F)F)cc(C(F)(F)F)c1. The normalized spacial score (nSPS) is 17.4. The van der Waals surface area contributed by atoms with Crippen LogP contribution in [-0.2, 0) is 53.9 Å². The van der Waals surface area contributed by atoms with Gasteiger partial charge in [0.05, 0.1) is 0 Å². The summed E-state index contributed by atoms with van der Waals surface area (Å²) in [5.74, 6) is -0.152. The first-order chi connectivity index (χ1) is 35.4. The van der Waals surface area contributed by atoms with Gasteiger partial charge in [-0.2, -0.15) is 0 Å². The zero-order chi connectivity index (χ0) is 55.3. The monoisotopic (exact) mass is 1190 g/mol. The fourth-order valence-corrected chi connectivity index (χ4v) is 40.4. The van der Waals surface area contributed by atoms with Gasteiger partial charge in [-0.1, -0.05) is 0 Å². The molecule has 0 aromatic heterocycles. The summed E-state index contributed by atoms with van der Waals surface area (Å²) >= 11 is -6.63. The van der Waals surface area contributed by atoms with Crippen LogP contribution in [0.15, 0.2) is 114 Å². The van der Waals surface area contributed by atoms with Crippen molar-refractivity contribution in [2.45, 2.75) is 112 Å². The van der Waals surface area contributed by atoms with Crippen LogP contribution >= 0.6 is 17.0 Å². The minimum absolute atomic E-state index is 0.0759. The zero-order valence-electron chi connectivity index (χ0n) is 42.5. The van der Waals surface area contributed by atoms with Crippen molar-refractivity contribution < 1.29 is 69.1 Å². The topological polar surface area (TPSA) is 0 Å². The molecule has 2 unspecified atom stereocenters. The van der Waals surface area contributed by atoms with Crippen LogP contribution in [0, 0.1) is 11.8 Å². The van der Waals surface area contributed by atoms with E-state index in [1.54, 1.807) is 12.1 Å². The number of halogens is 14. The number of fused-ring (bicyclic) bond motifs is 5. The van der Waals surface area contributed by atoms with Crippen molar-refractivity contribution in [1.82, 2.24) is 0 Å². The summed E-state index contributed by atoms with van der Waals surface area (Å²) in [4.78, 5) is 0. The molecule has 0 saturated carbocycles. The Bertz CT molecular complexity index is 3110. The van der Waals surface area contributed by atoms with Gasteiger partial charge in [0.1, 0.15) is 0 Å². The van der Waals surface area contributed by atoms with Crippen LogP contribution in [0.1, 0.15) is 130 Å². The van der Waals surface area contributed by atoms with Gasteiger partial charge < -0.3 is 0 Å². The molecular formula is C60H55Cl2F12SiZr. The predicted octanol–water partition coefficient (Wildman–Crippen LogP) is 18.1. The van der Waals surface area contributed by atoms with Crippen molar-refractivity contribution in [2.75, 3.05) is 0 Å². The molecule has 0 amide bonds. The molecule has 16 heteroatoms. The summed E-state index contributed by atoms with van der Waals surface area (Å²) in [6.07, 6.45) is -14.5. The fraction of sp³-hybridized carbons (Fsp3) is 0.333. The van der Waals surface area contributed by atoms with Crippen molar-refractivity contribution in [3.8, 4) is 33.4 Å². The molecule has 6 aromatic rings. The molecular weight excluding hydrogens is 1140 g/mol. The second kappa shape index (κ2) is 20.1. The van der Waals surface area contributed by atoms with Crippen LogP contribution < -0.4 is 13.6 Å². The number of aryl methyl sites for hydroxylation is 2. The Morgan fingerprint density at radius 1 is 0.500 bits per heavy atom. The Balaban J connectivity index is 1.43. The Labute approximate surface area is 445 Å². The van der Waals surface area contributed by atoms with Gasteiger partial charge in [-0.15, -0.1) is 0 Å². The van der Waals surface area contributed by atoms with Gasteiger partial charge >= 0.3 is 449 Å². The summed E-state index contributed by atoms with van der Waals surface area (Å²) in [5, 5.41) is 2.12. The van der Waals surface area contributed by atoms with Crippen molar-refractivity contribution in [3.63, 3.8) is 0 Å². The molecule has 0 radical (unpaired) electrons. The molecule has 0 saturated heterocycles. The summed E-state index contributed by atoms with van der Waals surface area (Å²) < 4.78 is 175. The Hall–Kier alpha value is -4.36. The van der Waals surface area contributed by atoms with E-state index in [0.717, 1.165) is 60.2 Å². The van der Waals surface area contributed by atoms with E-state index in [2.05, 4.69) is 6.07 Å². The summed E-state index contributed by atoms with van der Waals surface area (Å²) in [6.45, 7) is 11.7. The van der Waals surface area contributed by atoms with Gasteiger partial charge in [-0.3, -0.25) is 0 Å². The first-order valence-corrected chi connectivity index (χ1v) is 37.4. The summed E-state index contributed by atoms with van der Waals surface area (Å²) in [6, 6.07) is 24.4. The van der Waals surface area contributed by atoms with Crippen LogP contribution in [0.5, 0.6) is 0 Å². The molecule has 1 aliphatic heterocycles. The van der Waals surface area contributed by atoms with E-state index in [1.165, 1.54) is 0 Å². The second-order valence-electron chi connectivity index (χ2n) is 21.6. The zero-order valence-corrected chi connectivity index (χ0v) is 47.9. The van der Waals surface area contributed by atoms with Crippen molar-refractivity contribution in [1.29, 1.82) is 0 Å². The van der Waals surface area contributed by atoms with Gasteiger partial charge in [0, 0.05) is 0 Å². The third-order valence-corrected chi connectivity index (χ3v) is 38.0. The Morgan fingerprint density at radius 3 is 1.28 bits per heavy atom. The second-order valence-corrected chi connectivity index (χ2v) is 44.0. The molecule has 0 spiro atoms. The Morgan fingerprint density at radius 2 is 0.895 bits per heavy atom. The van der Waals surface area contributed by atoms with Crippen molar-refractivity contribution in [3.05, 3.63) is 170 Å². The van der Waals surface area contributed by atoms with E-state index in [-0.39, 0.29) is 46.2 Å². The first kappa shape index (κ1) is 56.4. The van der Waals surface area contributed by atoms with Crippen LogP contribution in [0.25, 0.3) is 45.5 Å². The molecule has 76 heavy (non-hydrogen) atoms. The van der Waals surface area contributed by atoms with Crippen LogP contribution in [-0.4, -0.2) is 9.52 Å². The number of hydrogen-bond donors (Lipinski definition) is 0. The van der Waals surface area contributed by atoms with Gasteiger partial charge in [-0.05, 0) is 0 Å². The predicted molar refractivity (Wildman–Crippen MR) is 283 cm³/mol. The van der Waals surface area contributed by atoms with Crippen LogP contribution in [0.4, 0.5) is 52.7 Å². The van der Waals surface area contributed by atoms with Gasteiger partial charge in [0.25, 0.3) is 0 Å². The van der Waals surface area contributed by atoms with Crippen molar-refractivity contribution in [2.24, 2.45) is 11.8 Å². The number of alkyl halides is 12. The number of hydrogen-bond acceptors (Lipinski definition) is 0. The van der Waals surface area contributed by atoms with E-state index in [9.17, 15) is 69.7 Å². The van der Waals surface area contributed by atoms with E-state index in [1.807, 2.05) is 102 Å². The van der Waals surface area contributed by atoms with E-state index < -0.39 is 80.1 Å². The minimum atomic E-state index is -6.63. The molecule has 0 fully saturated rings. The molecule has 401 valence electrons. The number of benzene rings is 6. The summed E-state index contributed by atoms with van der Waals surface area (Å²) in [7, 11) is 17.1. The molecule has 2 aliphatic carbocycles. The van der Waals surface area contributed by atoms with E-state index in [0.29, 0.717) is 71.9 Å². The molecule has 9 rings (SSSR count). The fourth-order valence-electron chi connectivity index (χ4n) is 12.6. The van der Waals surface area contributed by atoms with Crippen molar-refractivity contribution >= 4 is 52.3 Å². The molecule has 1 heterocycles. The van der Waals surface area contributed by atoms with Gasteiger partial charge in [0.2, 0.25) is 0 Å². The van der Waals surface area contributed by atoms with E-state index in [4.69, 9.17) is 0 Å². The molecule has 6 aromatic carbocycles. The summed E-state index contributed by atoms with van der Waals surface area (Å²) in [5.41, 5.74) is 0.360. The standard InChI is InChI=1S/2C24H23F6.C12H9Si.2ClH.Zr/c2*1-4-5-16-6-7-17-9-15(8-14(2)3)10-21(17)22(16)18-11-19(23(25,26)27)13-20(12-18)24(28,29)30;1-3-7-11-9(5-1)10-6-2-4-8-12(10)13-11;;;/h2*6-7,9-14H,4-5,8H2,1-3H3;1-7H,13H2;2*1H;/q;;;;;+2/p-2. The van der Waals surface area contributed by atoms with Crippen LogP contribution in [0.3, 0.4) is 0 Å². The average Bonchev–Trinajstić information content (AvgIpc) is 4.22. The molecule has 3 aliphatic rings. The molecule has 2 atom stereocenters. The quantitative estimate of drug-likeness (QED) is 0.0797.